The van der Waals surface area contributed by atoms with Crippen molar-refractivity contribution in [1.82, 2.24) is 10.1 Å². The highest BCUT2D eigenvalue weighted by molar-refractivity contribution is 7.17. The molecule has 0 bridgehead atoms. The molecule has 0 fully saturated rings. The molecule has 3 heterocycles. The molecule has 2 aromatic heterocycles. The third-order valence-electron chi connectivity index (χ3n) is 3.01. The topological polar surface area (TPSA) is 68.0 Å². The second kappa shape index (κ2) is 3.76. The van der Waals surface area contributed by atoms with E-state index in [9.17, 15) is 4.79 Å². The second-order valence-electron chi connectivity index (χ2n) is 4.13. The highest BCUT2D eigenvalue weighted by Crippen LogP contribution is 2.39. The van der Waals surface area contributed by atoms with Gasteiger partial charge in [-0.25, -0.2) is 4.98 Å². The molecule has 19 heavy (non-hydrogen) atoms. The highest BCUT2D eigenvalue weighted by atomic mass is 32.1. The first-order valence-corrected chi connectivity index (χ1v) is 6.51. The fourth-order valence-electron chi connectivity index (χ4n) is 2.19. The molecule has 1 N–H and O–H groups in total. The van der Waals surface area contributed by atoms with Crippen molar-refractivity contribution in [1.29, 1.82) is 0 Å². The van der Waals surface area contributed by atoms with Gasteiger partial charge in [-0.2, -0.15) is 0 Å². The SMILES string of the molecule is O=C1Nc2ccc3ncsc3c2C1=Cc1ccon1. The summed E-state index contributed by atoms with van der Waals surface area (Å²) in [6, 6.07) is 5.49. The first kappa shape index (κ1) is 10.5. The summed E-state index contributed by atoms with van der Waals surface area (Å²) in [6.07, 6.45) is 3.21. The van der Waals surface area contributed by atoms with E-state index in [2.05, 4.69) is 15.5 Å². The minimum Gasteiger partial charge on any atom is -0.364 e. The summed E-state index contributed by atoms with van der Waals surface area (Å²) in [5.41, 5.74) is 5.61. The minimum atomic E-state index is -0.126. The molecule has 1 aliphatic rings. The maximum atomic E-state index is 12.1. The maximum absolute atomic E-state index is 12.1. The van der Waals surface area contributed by atoms with Gasteiger partial charge in [-0.3, -0.25) is 4.79 Å². The lowest BCUT2D eigenvalue weighted by molar-refractivity contribution is -0.110. The van der Waals surface area contributed by atoms with E-state index >= 15 is 0 Å². The Kier molecular flexibility index (Phi) is 2.07. The molecular weight excluding hydrogens is 262 g/mol. The molecule has 0 atom stereocenters. The molecule has 1 aliphatic heterocycles. The largest absolute Gasteiger partial charge is 0.364 e. The van der Waals surface area contributed by atoms with Gasteiger partial charge in [0.15, 0.2) is 0 Å². The lowest BCUT2D eigenvalue weighted by Crippen LogP contribution is -2.03. The van der Waals surface area contributed by atoms with Gasteiger partial charge in [-0.15, -0.1) is 11.3 Å². The van der Waals surface area contributed by atoms with Crippen LogP contribution in [0.1, 0.15) is 11.3 Å². The van der Waals surface area contributed by atoms with Gasteiger partial charge in [-0.1, -0.05) is 5.16 Å². The maximum Gasteiger partial charge on any atom is 0.256 e. The van der Waals surface area contributed by atoms with Crippen molar-refractivity contribution >= 4 is 44.8 Å². The van der Waals surface area contributed by atoms with Gasteiger partial charge in [0.05, 0.1) is 27.0 Å². The Morgan fingerprint density at radius 1 is 1.32 bits per heavy atom. The Hall–Kier alpha value is -2.47. The molecule has 0 radical (unpaired) electrons. The van der Waals surface area contributed by atoms with Crippen LogP contribution < -0.4 is 5.32 Å². The average molecular weight is 269 g/mol. The zero-order valence-corrected chi connectivity index (χ0v) is 10.4. The molecule has 0 unspecified atom stereocenters. The van der Waals surface area contributed by atoms with Gasteiger partial charge in [0.2, 0.25) is 0 Å². The first-order valence-electron chi connectivity index (χ1n) is 5.63. The molecule has 0 spiro atoms. The zero-order valence-electron chi connectivity index (χ0n) is 9.58. The molecule has 0 saturated carbocycles. The minimum absolute atomic E-state index is 0.126. The lowest BCUT2D eigenvalue weighted by Gasteiger charge is -1.98. The number of benzene rings is 1. The van der Waals surface area contributed by atoms with Crippen LogP contribution in [0.3, 0.4) is 0 Å². The van der Waals surface area contributed by atoms with Crippen molar-refractivity contribution in [2.75, 3.05) is 5.32 Å². The van der Waals surface area contributed by atoms with Crippen molar-refractivity contribution in [3.05, 3.63) is 41.2 Å². The quantitative estimate of drug-likeness (QED) is 0.690. The van der Waals surface area contributed by atoms with Gasteiger partial charge in [0.25, 0.3) is 5.91 Å². The summed E-state index contributed by atoms with van der Waals surface area (Å²) < 4.78 is 5.79. The van der Waals surface area contributed by atoms with E-state index in [1.807, 2.05) is 12.1 Å². The molecule has 3 aromatic rings. The van der Waals surface area contributed by atoms with Crippen LogP contribution in [0.5, 0.6) is 0 Å². The zero-order chi connectivity index (χ0) is 12.8. The van der Waals surface area contributed by atoms with E-state index < -0.39 is 0 Å². The van der Waals surface area contributed by atoms with Crippen LogP contribution in [0.25, 0.3) is 21.9 Å². The number of rotatable bonds is 1. The molecule has 0 saturated heterocycles. The van der Waals surface area contributed by atoms with Gasteiger partial charge in [0.1, 0.15) is 12.0 Å². The van der Waals surface area contributed by atoms with E-state index in [1.165, 1.54) is 17.6 Å². The Balaban J connectivity index is 2.00. The van der Waals surface area contributed by atoms with Gasteiger partial charge in [-0.05, 0) is 18.2 Å². The number of thiazole rings is 1. The van der Waals surface area contributed by atoms with Crippen LogP contribution >= 0.6 is 11.3 Å². The summed E-state index contributed by atoms with van der Waals surface area (Å²) in [4.78, 5) is 16.3. The van der Waals surface area contributed by atoms with Crippen molar-refractivity contribution < 1.29 is 9.32 Å². The Bertz CT molecular complexity index is 818. The summed E-state index contributed by atoms with van der Waals surface area (Å²) in [6.45, 7) is 0. The van der Waals surface area contributed by atoms with E-state index in [1.54, 1.807) is 17.7 Å². The molecule has 0 aliphatic carbocycles. The number of hydrogen-bond acceptors (Lipinski definition) is 5. The summed E-state index contributed by atoms with van der Waals surface area (Å²) in [7, 11) is 0. The van der Waals surface area contributed by atoms with E-state index in [-0.39, 0.29) is 5.91 Å². The fraction of sp³-hybridized carbons (Fsp3) is 0. The van der Waals surface area contributed by atoms with Gasteiger partial charge < -0.3 is 9.84 Å². The van der Waals surface area contributed by atoms with Crippen LogP contribution in [0.4, 0.5) is 5.69 Å². The highest BCUT2D eigenvalue weighted by Gasteiger charge is 2.27. The molecular formula is C13H7N3O2S. The molecule has 1 amide bonds. The number of amides is 1. The third-order valence-corrected chi connectivity index (χ3v) is 3.87. The third kappa shape index (κ3) is 1.50. The van der Waals surface area contributed by atoms with Gasteiger partial charge >= 0.3 is 0 Å². The normalized spacial score (nSPS) is 16.0. The summed E-state index contributed by atoms with van der Waals surface area (Å²) in [5, 5.41) is 6.67. The van der Waals surface area contributed by atoms with E-state index in [0.29, 0.717) is 11.3 Å². The molecule has 5 nitrogen and oxygen atoms in total. The standard InChI is InChI=1S/C13H7N3O2S/c17-13-8(5-7-3-4-18-16-7)11-9(15-13)1-2-10-12(11)19-6-14-10/h1-6H,(H,15,17). The Labute approximate surface area is 111 Å². The first-order chi connectivity index (χ1) is 9.33. The van der Waals surface area contributed by atoms with Crippen molar-refractivity contribution in [2.45, 2.75) is 0 Å². The molecule has 1 aromatic carbocycles. The smallest absolute Gasteiger partial charge is 0.256 e. The Morgan fingerprint density at radius 2 is 2.26 bits per heavy atom. The summed E-state index contributed by atoms with van der Waals surface area (Å²) >= 11 is 1.52. The monoisotopic (exact) mass is 269 g/mol. The number of carbonyl (C=O) groups excluding carboxylic acids is 1. The van der Waals surface area contributed by atoms with E-state index in [0.717, 1.165) is 21.5 Å². The number of fused-ring (bicyclic) bond motifs is 3. The van der Waals surface area contributed by atoms with Crippen LogP contribution in [-0.2, 0) is 4.79 Å². The van der Waals surface area contributed by atoms with Gasteiger partial charge in [0, 0.05) is 11.6 Å². The van der Waals surface area contributed by atoms with Crippen LogP contribution in [0, 0.1) is 0 Å². The number of nitrogens with zero attached hydrogens (tertiary/aromatic N) is 2. The van der Waals surface area contributed by atoms with Crippen molar-refractivity contribution in [3.8, 4) is 0 Å². The number of hydrogen-bond donors (Lipinski definition) is 1. The lowest BCUT2D eigenvalue weighted by atomic mass is 10.1. The van der Waals surface area contributed by atoms with Crippen LogP contribution in [-0.4, -0.2) is 16.0 Å². The molecule has 4 rings (SSSR count). The van der Waals surface area contributed by atoms with Crippen LogP contribution in [0.15, 0.2) is 34.5 Å². The number of nitrogens with one attached hydrogen (secondary N) is 1. The van der Waals surface area contributed by atoms with Crippen molar-refractivity contribution in [2.24, 2.45) is 0 Å². The van der Waals surface area contributed by atoms with Crippen LogP contribution in [0.2, 0.25) is 0 Å². The average Bonchev–Trinajstić information content (AvgIpc) is 3.10. The van der Waals surface area contributed by atoms with Crippen molar-refractivity contribution in [3.63, 3.8) is 0 Å². The Morgan fingerprint density at radius 3 is 3.11 bits per heavy atom. The molecule has 92 valence electrons. The predicted molar refractivity (Wildman–Crippen MR) is 72.6 cm³/mol. The number of carbonyl (C=O) groups is 1. The molecule has 6 heteroatoms. The number of anilines is 1. The van der Waals surface area contributed by atoms with E-state index in [4.69, 9.17) is 4.52 Å². The predicted octanol–water partition coefficient (Wildman–Crippen LogP) is 2.78. The second-order valence-corrected chi connectivity index (χ2v) is 4.98. The summed E-state index contributed by atoms with van der Waals surface area (Å²) in [5.74, 6) is -0.126. The number of aromatic nitrogens is 2. The fourth-order valence-corrected chi connectivity index (χ4v) is 3.04.